The van der Waals surface area contributed by atoms with Crippen LogP contribution >= 0.6 is 0 Å². The summed E-state index contributed by atoms with van der Waals surface area (Å²) in [5.74, 6) is -0.104. The van der Waals surface area contributed by atoms with Crippen molar-refractivity contribution in [3.05, 3.63) is 70.7 Å². The van der Waals surface area contributed by atoms with E-state index in [1.54, 1.807) is 0 Å². The molecular weight excluding hydrogens is 685 g/mol. The monoisotopic (exact) mass is 746 g/mol. The van der Waals surface area contributed by atoms with Crippen molar-refractivity contribution in [3.8, 4) is 0 Å². The number of hydrogen-bond acceptors (Lipinski definition) is 6. The third-order valence-electron chi connectivity index (χ3n) is 20.1. The van der Waals surface area contributed by atoms with Gasteiger partial charge < -0.3 is 25.5 Å². The number of fused-ring (bicyclic) bond motifs is 6. The summed E-state index contributed by atoms with van der Waals surface area (Å²) in [5.41, 5.74) is -3.60. The number of allylic oxidation sites excluding steroid dienone is 5. The zero-order valence-electron chi connectivity index (χ0n) is 33.1. The molecule has 5 N–H and O–H groups in total. The fourth-order valence-electron chi connectivity index (χ4n) is 18.7. The summed E-state index contributed by atoms with van der Waals surface area (Å²) in [5, 5.41) is 63.1. The van der Waals surface area contributed by atoms with E-state index < -0.39 is 51.5 Å². The molecule has 11 aliphatic carbocycles. The molecule has 0 aromatic heterocycles. The number of carbonyl (C=O) groups excluding carboxylic acids is 1. The van der Waals surface area contributed by atoms with Crippen LogP contribution < -0.4 is 10.4 Å². The van der Waals surface area contributed by atoms with Crippen molar-refractivity contribution in [1.82, 2.24) is 0 Å². The van der Waals surface area contributed by atoms with Crippen molar-refractivity contribution in [2.75, 3.05) is 13.2 Å². The zero-order valence-corrected chi connectivity index (χ0v) is 33.1. The van der Waals surface area contributed by atoms with E-state index in [-0.39, 0.29) is 58.7 Å². The van der Waals surface area contributed by atoms with E-state index in [1.807, 2.05) is 0 Å². The van der Waals surface area contributed by atoms with Gasteiger partial charge in [-0.3, -0.25) is 4.79 Å². The van der Waals surface area contributed by atoms with Gasteiger partial charge in [0.25, 0.3) is 0 Å². The highest BCUT2D eigenvalue weighted by atomic mass is 16.3. The number of ketones is 1. The molecule has 12 rings (SSSR count). The Morgan fingerprint density at radius 3 is 2.44 bits per heavy atom. The molecule has 6 fully saturated rings. The lowest BCUT2D eigenvalue weighted by Crippen LogP contribution is -2.77. The van der Waals surface area contributed by atoms with Crippen LogP contribution in [-0.2, 0) is 4.79 Å². The normalized spacial score (nSPS) is 53.6. The third-order valence-corrected chi connectivity index (χ3v) is 20.1. The van der Waals surface area contributed by atoms with E-state index in [1.165, 1.54) is 16.0 Å². The molecule has 55 heavy (non-hydrogen) atoms. The van der Waals surface area contributed by atoms with Gasteiger partial charge in [0.05, 0.1) is 31.0 Å². The first kappa shape index (κ1) is 35.8. The molecule has 294 valence electrons. The van der Waals surface area contributed by atoms with E-state index in [2.05, 4.69) is 87.6 Å². The summed E-state index contributed by atoms with van der Waals surface area (Å²) in [7, 11) is 0. The lowest BCUT2D eigenvalue weighted by molar-refractivity contribution is -0.289. The van der Waals surface area contributed by atoms with Gasteiger partial charge in [-0.1, -0.05) is 93.5 Å². The minimum absolute atomic E-state index is 0.00140. The summed E-state index contributed by atoms with van der Waals surface area (Å²) in [6.45, 7) is 6.69. The minimum atomic E-state index is -1.22. The van der Waals surface area contributed by atoms with Crippen LogP contribution in [0.2, 0.25) is 0 Å². The first-order valence-electron chi connectivity index (χ1n) is 21.9. The summed E-state index contributed by atoms with van der Waals surface area (Å²) in [6.07, 6.45) is 23.8. The number of carbonyl (C=O) groups is 1. The molecule has 0 amide bonds. The number of hydrogen-bond donors (Lipinski definition) is 5. The van der Waals surface area contributed by atoms with E-state index in [4.69, 9.17) is 0 Å². The highest BCUT2D eigenvalue weighted by Gasteiger charge is 2.83. The predicted molar refractivity (Wildman–Crippen MR) is 211 cm³/mol. The Bertz CT molecular complexity index is 2080. The van der Waals surface area contributed by atoms with Crippen LogP contribution in [0.1, 0.15) is 97.8 Å². The number of rotatable bonds is 3. The highest BCUT2D eigenvalue weighted by Crippen LogP contribution is 2.85. The van der Waals surface area contributed by atoms with Crippen LogP contribution in [0.15, 0.2) is 60.2 Å². The maximum absolute atomic E-state index is 16.1. The van der Waals surface area contributed by atoms with Gasteiger partial charge in [-0.2, -0.15) is 0 Å². The van der Waals surface area contributed by atoms with Crippen LogP contribution in [0.4, 0.5) is 0 Å². The predicted octanol–water partition coefficient (Wildman–Crippen LogP) is 5.39. The molecule has 2 spiro atoms. The third kappa shape index (κ3) is 3.78. The molecular formula is C49H62O6. The van der Waals surface area contributed by atoms with Crippen molar-refractivity contribution in [1.29, 1.82) is 0 Å². The number of aliphatic hydroxyl groups excluding tert-OH is 4. The molecule has 11 aliphatic rings. The van der Waals surface area contributed by atoms with E-state index >= 15 is 4.79 Å². The van der Waals surface area contributed by atoms with Gasteiger partial charge in [-0.15, -0.1) is 0 Å². The molecule has 4 bridgehead atoms. The Morgan fingerprint density at radius 1 is 0.909 bits per heavy atom. The van der Waals surface area contributed by atoms with Crippen molar-refractivity contribution in [2.45, 2.75) is 116 Å². The van der Waals surface area contributed by atoms with Crippen LogP contribution in [0.3, 0.4) is 0 Å². The van der Waals surface area contributed by atoms with Crippen LogP contribution in [0.25, 0.3) is 12.2 Å². The fourth-order valence-corrected chi connectivity index (χ4v) is 18.7. The Morgan fingerprint density at radius 2 is 1.67 bits per heavy atom. The Labute approximate surface area is 326 Å². The van der Waals surface area contributed by atoms with Crippen molar-refractivity contribution in [3.63, 3.8) is 0 Å². The average molecular weight is 747 g/mol. The molecule has 16 atom stereocenters. The second-order valence-electron chi connectivity index (χ2n) is 21.8. The zero-order chi connectivity index (χ0) is 38.2. The van der Waals surface area contributed by atoms with Crippen molar-refractivity contribution in [2.24, 2.45) is 79.3 Å². The summed E-state index contributed by atoms with van der Waals surface area (Å²) in [6, 6.07) is 8.62. The molecule has 0 saturated heterocycles. The maximum Gasteiger partial charge on any atom is 0.159 e. The fraction of sp³-hybridized carbons (Fsp3) is 0.694. The Hall–Kier alpha value is -2.35. The van der Waals surface area contributed by atoms with Crippen LogP contribution in [-0.4, -0.2) is 62.3 Å². The lowest BCUT2D eigenvalue weighted by atomic mass is 9.26. The molecule has 6 nitrogen and oxygen atoms in total. The van der Waals surface area contributed by atoms with Gasteiger partial charge in [0.2, 0.25) is 0 Å². The van der Waals surface area contributed by atoms with Gasteiger partial charge in [-0.25, -0.2) is 0 Å². The smallest absolute Gasteiger partial charge is 0.159 e. The minimum Gasteiger partial charge on any atom is -0.396 e. The van der Waals surface area contributed by atoms with Crippen molar-refractivity contribution >= 4 is 17.9 Å². The van der Waals surface area contributed by atoms with Crippen LogP contribution in [0, 0.1) is 79.3 Å². The summed E-state index contributed by atoms with van der Waals surface area (Å²) >= 11 is 0. The Balaban J connectivity index is 1.20. The molecule has 1 aromatic rings. The number of aliphatic hydroxyl groups is 5. The highest BCUT2D eigenvalue weighted by molar-refractivity contribution is 5.96. The van der Waals surface area contributed by atoms with E-state index in [0.717, 1.165) is 57.8 Å². The van der Waals surface area contributed by atoms with Gasteiger partial charge in [0.15, 0.2) is 5.78 Å². The van der Waals surface area contributed by atoms with Gasteiger partial charge in [0.1, 0.15) is 0 Å². The molecule has 0 aliphatic heterocycles. The molecule has 0 radical (unpaired) electrons. The largest absolute Gasteiger partial charge is 0.396 e. The lowest BCUT2D eigenvalue weighted by Gasteiger charge is -2.77. The van der Waals surface area contributed by atoms with Crippen molar-refractivity contribution < 1.29 is 30.3 Å². The molecule has 0 heterocycles. The summed E-state index contributed by atoms with van der Waals surface area (Å²) < 4.78 is 0. The molecule has 1 aromatic carbocycles. The molecule has 6 heteroatoms. The number of benzene rings is 1. The first-order chi connectivity index (χ1) is 26.2. The topological polar surface area (TPSA) is 118 Å². The first-order valence-corrected chi connectivity index (χ1v) is 21.9. The van der Waals surface area contributed by atoms with E-state index in [9.17, 15) is 25.5 Å². The molecule has 0 unspecified atom stereocenters. The van der Waals surface area contributed by atoms with Gasteiger partial charge >= 0.3 is 0 Å². The van der Waals surface area contributed by atoms with E-state index in [0.29, 0.717) is 25.2 Å². The van der Waals surface area contributed by atoms with Gasteiger partial charge in [0, 0.05) is 16.7 Å². The quantitative estimate of drug-likeness (QED) is 0.265. The second-order valence-corrected chi connectivity index (χ2v) is 21.8. The second kappa shape index (κ2) is 11.0. The standard InChI is InChI=1S/C49H62O6/c1-42(2)24-36-35-23-37(52)41-44(43(35,3)27-46(55)19-13-32-10-6-15-45(32,26-42)48(36,46)28-51)17-12-31-20-29-8-4-5-9-30(29)21-34(31)49(41)33-11-7-16-47(39(53)22-33,40(54)25-50)38(49)14-18-44/h4-5,7-9,11,13,19-21,23,31-34,36,38-41,50-51,53-55H,6,10,12,14-18,22,24-28H2,1-3H3/t31-,32+,33-,34-,36-,38-,39+,40-,41-,43-,44+,45+,46-,47-,48-,49+/m1/s1. The SMILES string of the molecule is CC1(C)C[C@@H]2C3=CC(=O)[C@H]4[C@]56[C@@H]7C=CC[C@@]([C@H](O)CO)([C@H]5CC[C@]4(CC[C@@H]4C=c5ccccc5=C[C@H]46)[C@]3(C)C[C@]3(O)C=C[C@@H]4CCC[C@@]4(C1)[C@@]23CO)[C@@H](O)C7. The van der Waals surface area contributed by atoms with Crippen LogP contribution in [0.5, 0.6) is 0 Å². The average Bonchev–Trinajstić information content (AvgIpc) is 3.34. The van der Waals surface area contributed by atoms with Gasteiger partial charge in [-0.05, 0) is 150 Å². The Kier molecular flexibility index (Phi) is 7.17. The summed E-state index contributed by atoms with van der Waals surface area (Å²) in [4.78, 5) is 16.1. The maximum atomic E-state index is 16.1. The molecule has 6 saturated carbocycles.